The maximum Gasteiger partial charge on any atom is 0.313 e. The summed E-state index contributed by atoms with van der Waals surface area (Å²) in [5.74, 6) is -1.69. The Bertz CT molecular complexity index is 1030. The van der Waals surface area contributed by atoms with Crippen LogP contribution in [0, 0.1) is 0 Å². The lowest BCUT2D eigenvalue weighted by molar-refractivity contribution is -0.136. The van der Waals surface area contributed by atoms with Gasteiger partial charge in [-0.25, -0.2) is 0 Å². The van der Waals surface area contributed by atoms with Crippen molar-refractivity contribution in [3.05, 3.63) is 83.7 Å². The molecule has 0 aliphatic rings. The zero-order chi connectivity index (χ0) is 21.3. The number of anilines is 1. The van der Waals surface area contributed by atoms with Crippen molar-refractivity contribution in [2.45, 2.75) is 20.0 Å². The van der Waals surface area contributed by atoms with Crippen LogP contribution in [0.3, 0.4) is 0 Å². The van der Waals surface area contributed by atoms with Crippen molar-refractivity contribution >= 4 is 23.4 Å². The lowest BCUT2D eigenvalue weighted by atomic mass is 10.1. The molecule has 0 aliphatic carbocycles. The van der Waals surface area contributed by atoms with E-state index in [2.05, 4.69) is 21.0 Å². The number of amides is 3. The van der Waals surface area contributed by atoms with Gasteiger partial charge in [0.05, 0.1) is 6.54 Å². The van der Waals surface area contributed by atoms with Crippen molar-refractivity contribution in [3.63, 3.8) is 0 Å². The third kappa shape index (κ3) is 5.78. The van der Waals surface area contributed by atoms with Gasteiger partial charge in [-0.15, -0.1) is 0 Å². The number of hydrogen-bond donors (Lipinski definition) is 3. The second-order valence-corrected chi connectivity index (χ2v) is 6.60. The number of rotatable bonds is 7. The van der Waals surface area contributed by atoms with Gasteiger partial charge in [0.25, 0.3) is 5.91 Å². The lowest BCUT2D eigenvalue weighted by Crippen LogP contribution is -2.35. The molecule has 3 rings (SSSR count). The molecule has 30 heavy (non-hydrogen) atoms. The molecule has 0 aliphatic heterocycles. The fraction of sp³-hybridized carbons (Fsp3) is 0.182. The first-order chi connectivity index (χ1) is 14.5. The van der Waals surface area contributed by atoms with Crippen LogP contribution in [0.2, 0.25) is 0 Å². The van der Waals surface area contributed by atoms with Crippen LogP contribution in [0.15, 0.2) is 67.0 Å². The molecule has 8 heteroatoms. The van der Waals surface area contributed by atoms with Gasteiger partial charge in [0, 0.05) is 36.7 Å². The zero-order valence-corrected chi connectivity index (χ0v) is 16.6. The molecule has 1 heterocycles. The fourth-order valence-electron chi connectivity index (χ4n) is 2.86. The van der Waals surface area contributed by atoms with Crippen molar-refractivity contribution < 1.29 is 14.4 Å². The zero-order valence-electron chi connectivity index (χ0n) is 16.6. The van der Waals surface area contributed by atoms with Gasteiger partial charge >= 0.3 is 11.8 Å². The molecule has 0 atom stereocenters. The van der Waals surface area contributed by atoms with Gasteiger partial charge in [0.1, 0.15) is 0 Å². The topological polar surface area (TPSA) is 105 Å². The van der Waals surface area contributed by atoms with Crippen molar-refractivity contribution in [1.82, 2.24) is 20.4 Å². The van der Waals surface area contributed by atoms with Crippen LogP contribution in [0.5, 0.6) is 0 Å². The molecule has 1 aromatic heterocycles. The van der Waals surface area contributed by atoms with Crippen molar-refractivity contribution in [2.75, 3.05) is 11.9 Å². The van der Waals surface area contributed by atoms with Gasteiger partial charge in [-0.2, -0.15) is 5.10 Å². The second-order valence-electron chi connectivity index (χ2n) is 6.60. The maximum absolute atomic E-state index is 12.2. The summed E-state index contributed by atoms with van der Waals surface area (Å²) in [4.78, 5) is 36.3. The minimum atomic E-state index is -0.758. The first-order valence-electron chi connectivity index (χ1n) is 9.58. The summed E-state index contributed by atoms with van der Waals surface area (Å²) in [6, 6.07) is 16.0. The molecule has 0 bridgehead atoms. The molecule has 8 nitrogen and oxygen atoms in total. The van der Waals surface area contributed by atoms with Crippen LogP contribution >= 0.6 is 0 Å². The highest BCUT2D eigenvalue weighted by Gasteiger charge is 2.14. The van der Waals surface area contributed by atoms with Crippen molar-refractivity contribution in [3.8, 4) is 0 Å². The van der Waals surface area contributed by atoms with E-state index in [0.29, 0.717) is 24.3 Å². The maximum atomic E-state index is 12.2. The smallest absolute Gasteiger partial charge is 0.313 e. The summed E-state index contributed by atoms with van der Waals surface area (Å²) >= 11 is 0. The Morgan fingerprint density at radius 2 is 1.73 bits per heavy atom. The Morgan fingerprint density at radius 1 is 0.933 bits per heavy atom. The summed E-state index contributed by atoms with van der Waals surface area (Å²) in [5, 5.41) is 12.0. The highest BCUT2D eigenvalue weighted by atomic mass is 16.2. The first-order valence-corrected chi connectivity index (χ1v) is 9.58. The third-order valence-corrected chi connectivity index (χ3v) is 4.27. The molecule has 2 aromatic carbocycles. The van der Waals surface area contributed by atoms with Gasteiger partial charge in [-0.05, 0) is 48.4 Å². The second kappa shape index (κ2) is 10.0. The standard InChI is InChI=1S/C22H23N5O3/c1-2-23-20(28)18-8-3-6-16(12-18)14-24-21(29)22(30)26-19-9-4-7-17(13-19)15-27-11-5-10-25-27/h3-13H,2,14-15H2,1H3,(H,23,28)(H,24,29)(H,26,30). The highest BCUT2D eigenvalue weighted by molar-refractivity contribution is 6.39. The summed E-state index contributed by atoms with van der Waals surface area (Å²) in [6.07, 6.45) is 3.54. The molecule has 0 fully saturated rings. The normalized spacial score (nSPS) is 10.3. The van der Waals surface area contributed by atoms with Gasteiger partial charge < -0.3 is 16.0 Å². The largest absolute Gasteiger partial charge is 0.352 e. The minimum Gasteiger partial charge on any atom is -0.352 e. The van der Waals surface area contributed by atoms with E-state index in [1.807, 2.05) is 25.3 Å². The van der Waals surface area contributed by atoms with Gasteiger partial charge in [-0.3, -0.25) is 19.1 Å². The van der Waals surface area contributed by atoms with Crippen LogP contribution in [-0.4, -0.2) is 34.0 Å². The molecular formula is C22H23N5O3. The number of carbonyl (C=O) groups is 3. The predicted octanol–water partition coefficient (Wildman–Crippen LogP) is 1.94. The molecule has 0 radical (unpaired) electrons. The number of benzene rings is 2. The molecule has 3 aromatic rings. The lowest BCUT2D eigenvalue weighted by Gasteiger charge is -2.09. The number of hydrogen-bond acceptors (Lipinski definition) is 4. The first kappa shape index (κ1) is 20.8. The third-order valence-electron chi connectivity index (χ3n) is 4.27. The number of aromatic nitrogens is 2. The molecule has 0 saturated heterocycles. The number of carbonyl (C=O) groups excluding carboxylic acids is 3. The number of nitrogens with zero attached hydrogens (tertiary/aromatic N) is 2. The number of nitrogens with one attached hydrogen (secondary N) is 3. The Labute approximate surface area is 174 Å². The molecule has 3 N–H and O–H groups in total. The van der Waals surface area contributed by atoms with E-state index in [-0.39, 0.29) is 12.5 Å². The highest BCUT2D eigenvalue weighted by Crippen LogP contribution is 2.12. The van der Waals surface area contributed by atoms with E-state index >= 15 is 0 Å². The van der Waals surface area contributed by atoms with Gasteiger partial charge in [0.2, 0.25) is 0 Å². The average Bonchev–Trinajstić information content (AvgIpc) is 3.25. The minimum absolute atomic E-state index is 0.138. The van der Waals surface area contributed by atoms with E-state index < -0.39 is 11.8 Å². The monoisotopic (exact) mass is 405 g/mol. The Morgan fingerprint density at radius 3 is 2.50 bits per heavy atom. The van der Waals surface area contributed by atoms with E-state index in [0.717, 1.165) is 11.1 Å². The molecule has 154 valence electrons. The predicted molar refractivity (Wildman–Crippen MR) is 113 cm³/mol. The fourth-order valence-corrected chi connectivity index (χ4v) is 2.86. The van der Waals surface area contributed by atoms with Crippen LogP contribution < -0.4 is 16.0 Å². The van der Waals surface area contributed by atoms with E-state index in [1.165, 1.54) is 0 Å². The van der Waals surface area contributed by atoms with E-state index in [4.69, 9.17) is 0 Å². The summed E-state index contributed by atoms with van der Waals surface area (Å²) < 4.78 is 1.77. The quantitative estimate of drug-likeness (QED) is 0.523. The Hall–Kier alpha value is -3.94. The van der Waals surface area contributed by atoms with E-state index in [1.54, 1.807) is 53.3 Å². The van der Waals surface area contributed by atoms with Gasteiger partial charge in [-0.1, -0.05) is 24.3 Å². The molecule has 0 unspecified atom stereocenters. The van der Waals surface area contributed by atoms with Crippen LogP contribution in [0.25, 0.3) is 0 Å². The van der Waals surface area contributed by atoms with Crippen molar-refractivity contribution in [2.24, 2.45) is 0 Å². The average molecular weight is 405 g/mol. The Kier molecular flexibility index (Phi) is 6.94. The van der Waals surface area contributed by atoms with Crippen molar-refractivity contribution in [1.29, 1.82) is 0 Å². The molecule has 3 amide bonds. The summed E-state index contributed by atoms with van der Waals surface area (Å²) in [5.41, 5.74) is 2.69. The summed E-state index contributed by atoms with van der Waals surface area (Å²) in [7, 11) is 0. The molecule has 0 spiro atoms. The summed E-state index contributed by atoms with van der Waals surface area (Å²) in [6.45, 7) is 3.07. The molecular weight excluding hydrogens is 382 g/mol. The van der Waals surface area contributed by atoms with Crippen LogP contribution in [0.4, 0.5) is 5.69 Å². The Balaban J connectivity index is 1.55. The van der Waals surface area contributed by atoms with Crippen LogP contribution in [-0.2, 0) is 22.7 Å². The van der Waals surface area contributed by atoms with E-state index in [9.17, 15) is 14.4 Å². The SMILES string of the molecule is CCNC(=O)c1cccc(CNC(=O)C(=O)Nc2cccc(Cn3cccn3)c2)c1. The van der Waals surface area contributed by atoms with Crippen LogP contribution in [0.1, 0.15) is 28.4 Å². The van der Waals surface area contributed by atoms with Gasteiger partial charge in [0.15, 0.2) is 0 Å². The molecule has 0 saturated carbocycles.